The molecule has 2 aromatic carbocycles. The zero-order valence-electron chi connectivity index (χ0n) is 13.2. The van der Waals surface area contributed by atoms with E-state index in [1.807, 2.05) is 0 Å². The second kappa shape index (κ2) is 6.83. The minimum absolute atomic E-state index is 0.0435. The first kappa shape index (κ1) is 18.0. The van der Waals surface area contributed by atoms with E-state index in [2.05, 4.69) is 4.74 Å². The van der Waals surface area contributed by atoms with Gasteiger partial charge in [-0.05, 0) is 24.3 Å². The van der Waals surface area contributed by atoms with Crippen LogP contribution in [0.3, 0.4) is 0 Å². The molecule has 1 aliphatic rings. The van der Waals surface area contributed by atoms with Crippen molar-refractivity contribution in [1.82, 2.24) is 0 Å². The summed E-state index contributed by atoms with van der Waals surface area (Å²) in [5, 5.41) is 9.04. The largest absolute Gasteiger partial charge is 0.573 e. The normalized spacial score (nSPS) is 17.3. The predicted octanol–water partition coefficient (Wildman–Crippen LogP) is 3.71. The number of halogens is 4. The van der Waals surface area contributed by atoms with Gasteiger partial charge in [-0.3, -0.25) is 4.90 Å². The summed E-state index contributed by atoms with van der Waals surface area (Å²) in [6.07, 6.45) is -6.37. The Hall–Kier alpha value is -2.81. The average molecular weight is 371 g/mol. The van der Waals surface area contributed by atoms with Crippen molar-refractivity contribution in [2.24, 2.45) is 0 Å². The van der Waals surface area contributed by atoms with Gasteiger partial charge in [-0.1, -0.05) is 18.2 Å². The molecule has 1 fully saturated rings. The van der Waals surface area contributed by atoms with Crippen molar-refractivity contribution in [3.05, 3.63) is 48.3 Å². The van der Waals surface area contributed by atoms with Crippen LogP contribution < -0.4 is 9.64 Å². The molecule has 9 heteroatoms. The number of anilines is 1. The smallest absolute Gasteiger partial charge is 0.441 e. The number of amides is 1. The summed E-state index contributed by atoms with van der Waals surface area (Å²) in [5.74, 6) is -1.37. The van der Waals surface area contributed by atoms with Crippen LogP contribution in [0, 0.1) is 5.82 Å². The SMILES string of the molecule is O=C1O[C@@H](CO)CN1c1ccc(-c2ccccc2OC(F)(F)F)c(F)c1. The molecule has 1 atom stereocenters. The lowest BCUT2D eigenvalue weighted by molar-refractivity contribution is -0.274. The number of aliphatic hydroxyl groups excluding tert-OH is 1. The number of nitrogens with zero attached hydrogens (tertiary/aromatic N) is 1. The summed E-state index contributed by atoms with van der Waals surface area (Å²) in [4.78, 5) is 12.9. The molecular formula is C17H13F4NO4. The average Bonchev–Trinajstić information content (AvgIpc) is 2.95. The van der Waals surface area contributed by atoms with Gasteiger partial charge in [0.15, 0.2) is 0 Å². The number of para-hydroxylation sites is 1. The van der Waals surface area contributed by atoms with E-state index in [4.69, 9.17) is 9.84 Å². The third-order valence-corrected chi connectivity index (χ3v) is 3.74. The van der Waals surface area contributed by atoms with Gasteiger partial charge in [0.25, 0.3) is 0 Å². The number of hydrogen-bond donors (Lipinski definition) is 1. The van der Waals surface area contributed by atoms with Gasteiger partial charge in [-0.15, -0.1) is 13.2 Å². The standard InChI is InChI=1S/C17H13F4NO4/c18-14-7-10(22-8-11(9-23)25-16(22)24)5-6-12(14)13-3-1-2-4-15(13)26-17(19,20)21/h1-7,11,23H,8-9H2/t11-/m1/s1. The summed E-state index contributed by atoms with van der Waals surface area (Å²) in [5.41, 5.74) is -0.0209. The number of carbonyl (C=O) groups is 1. The van der Waals surface area contributed by atoms with Gasteiger partial charge in [0.1, 0.15) is 17.7 Å². The highest BCUT2D eigenvalue weighted by molar-refractivity contribution is 5.90. The lowest BCUT2D eigenvalue weighted by Crippen LogP contribution is -2.25. The summed E-state index contributed by atoms with van der Waals surface area (Å²) in [6, 6.07) is 8.82. The maximum atomic E-state index is 14.5. The highest BCUT2D eigenvalue weighted by atomic mass is 19.4. The second-order valence-electron chi connectivity index (χ2n) is 5.51. The van der Waals surface area contributed by atoms with Crippen molar-refractivity contribution in [3.63, 3.8) is 0 Å². The van der Waals surface area contributed by atoms with Gasteiger partial charge in [-0.2, -0.15) is 0 Å². The fourth-order valence-electron chi connectivity index (χ4n) is 2.62. The Balaban J connectivity index is 1.93. The molecule has 1 aliphatic heterocycles. The van der Waals surface area contributed by atoms with Crippen LogP contribution in [0.1, 0.15) is 0 Å². The lowest BCUT2D eigenvalue weighted by Gasteiger charge is -2.16. The Kier molecular flexibility index (Phi) is 4.73. The fourth-order valence-corrected chi connectivity index (χ4v) is 2.62. The number of hydrogen-bond acceptors (Lipinski definition) is 4. The third kappa shape index (κ3) is 3.72. The number of ether oxygens (including phenoxy) is 2. The first-order valence-electron chi connectivity index (χ1n) is 7.52. The maximum absolute atomic E-state index is 14.5. The first-order chi connectivity index (χ1) is 12.3. The van der Waals surface area contributed by atoms with Crippen LogP contribution in [0.15, 0.2) is 42.5 Å². The molecule has 138 valence electrons. The minimum Gasteiger partial charge on any atom is -0.441 e. The molecule has 0 aromatic heterocycles. The van der Waals surface area contributed by atoms with Gasteiger partial charge >= 0.3 is 12.5 Å². The molecule has 5 nitrogen and oxygen atoms in total. The van der Waals surface area contributed by atoms with Crippen molar-refractivity contribution in [2.75, 3.05) is 18.1 Å². The molecule has 1 saturated heterocycles. The number of carbonyl (C=O) groups excluding carboxylic acids is 1. The van der Waals surface area contributed by atoms with E-state index in [0.29, 0.717) is 0 Å². The molecule has 0 saturated carbocycles. The van der Waals surface area contributed by atoms with Gasteiger partial charge < -0.3 is 14.6 Å². The van der Waals surface area contributed by atoms with E-state index in [0.717, 1.165) is 17.0 Å². The van der Waals surface area contributed by atoms with Crippen LogP contribution in [-0.2, 0) is 4.74 Å². The van der Waals surface area contributed by atoms with Crippen molar-refractivity contribution < 1.29 is 36.9 Å². The molecule has 26 heavy (non-hydrogen) atoms. The van der Waals surface area contributed by atoms with Crippen LogP contribution >= 0.6 is 0 Å². The van der Waals surface area contributed by atoms with Crippen molar-refractivity contribution >= 4 is 11.8 Å². The number of cyclic esters (lactones) is 1. The van der Waals surface area contributed by atoms with Gasteiger partial charge in [0.2, 0.25) is 0 Å². The minimum atomic E-state index is -4.91. The highest BCUT2D eigenvalue weighted by Crippen LogP contribution is 2.36. The van der Waals surface area contributed by atoms with Gasteiger partial charge in [-0.25, -0.2) is 9.18 Å². The Morgan fingerprint density at radius 2 is 1.92 bits per heavy atom. The number of benzene rings is 2. The van der Waals surface area contributed by atoms with Crippen LogP contribution in [0.25, 0.3) is 11.1 Å². The third-order valence-electron chi connectivity index (χ3n) is 3.74. The zero-order valence-corrected chi connectivity index (χ0v) is 13.2. The summed E-state index contributed by atoms with van der Waals surface area (Å²) < 4.78 is 60.9. The molecule has 1 heterocycles. The molecule has 0 unspecified atom stereocenters. The predicted molar refractivity (Wildman–Crippen MR) is 83.2 cm³/mol. The van der Waals surface area contributed by atoms with E-state index in [1.54, 1.807) is 0 Å². The van der Waals surface area contributed by atoms with Crippen LogP contribution in [0.5, 0.6) is 5.75 Å². The Labute approximate surface area is 145 Å². The Morgan fingerprint density at radius 1 is 1.19 bits per heavy atom. The molecular weight excluding hydrogens is 358 g/mol. The summed E-state index contributed by atoms with van der Waals surface area (Å²) >= 11 is 0. The molecule has 0 bridgehead atoms. The van der Waals surface area contributed by atoms with Crippen molar-refractivity contribution in [3.8, 4) is 16.9 Å². The van der Waals surface area contributed by atoms with E-state index >= 15 is 0 Å². The Morgan fingerprint density at radius 3 is 2.54 bits per heavy atom. The Bertz CT molecular complexity index is 825. The molecule has 2 aromatic rings. The topological polar surface area (TPSA) is 59.0 Å². The van der Waals surface area contributed by atoms with E-state index in [9.17, 15) is 22.4 Å². The van der Waals surface area contributed by atoms with Crippen LogP contribution in [0.2, 0.25) is 0 Å². The number of rotatable bonds is 4. The molecule has 1 amide bonds. The summed E-state index contributed by atoms with van der Waals surface area (Å²) in [7, 11) is 0. The van der Waals surface area contributed by atoms with Crippen molar-refractivity contribution in [1.29, 1.82) is 0 Å². The van der Waals surface area contributed by atoms with Crippen LogP contribution in [0.4, 0.5) is 28.0 Å². The van der Waals surface area contributed by atoms with Crippen molar-refractivity contribution in [2.45, 2.75) is 12.5 Å². The van der Waals surface area contributed by atoms with Gasteiger partial charge in [0.05, 0.1) is 18.8 Å². The molecule has 0 aliphatic carbocycles. The molecule has 1 N–H and O–H groups in total. The van der Waals surface area contributed by atoms with E-state index in [1.165, 1.54) is 30.3 Å². The van der Waals surface area contributed by atoms with Crippen LogP contribution in [-0.4, -0.2) is 36.8 Å². The van der Waals surface area contributed by atoms with E-state index in [-0.39, 0.29) is 30.0 Å². The number of alkyl halides is 3. The highest BCUT2D eigenvalue weighted by Gasteiger charge is 2.33. The molecule has 0 spiro atoms. The lowest BCUT2D eigenvalue weighted by atomic mass is 10.0. The fraction of sp³-hybridized carbons (Fsp3) is 0.235. The number of aliphatic hydroxyl groups is 1. The monoisotopic (exact) mass is 371 g/mol. The second-order valence-corrected chi connectivity index (χ2v) is 5.51. The quantitative estimate of drug-likeness (QED) is 0.833. The van der Waals surface area contributed by atoms with Gasteiger partial charge in [0, 0.05) is 11.1 Å². The van der Waals surface area contributed by atoms with E-state index < -0.39 is 30.1 Å². The maximum Gasteiger partial charge on any atom is 0.573 e. The first-order valence-corrected chi connectivity index (χ1v) is 7.52. The molecule has 3 rings (SSSR count). The summed E-state index contributed by atoms with van der Waals surface area (Å²) in [6.45, 7) is -0.327. The zero-order chi connectivity index (χ0) is 18.9. The molecule has 0 radical (unpaired) electrons.